The molecule has 4 nitrogen and oxygen atoms in total. The molecule has 132 valence electrons. The number of imide groups is 1. The molecule has 0 saturated carbocycles. The van der Waals surface area contributed by atoms with Crippen LogP contribution in [0.4, 0.5) is 14.9 Å². The summed E-state index contributed by atoms with van der Waals surface area (Å²) in [6.45, 7) is 3.98. The summed E-state index contributed by atoms with van der Waals surface area (Å²) in [5.74, 6) is -0.414. The third-order valence-electron chi connectivity index (χ3n) is 3.50. The molecule has 0 spiro atoms. The Labute approximate surface area is 158 Å². The van der Waals surface area contributed by atoms with Gasteiger partial charge in [-0.2, -0.15) is 0 Å². The first kappa shape index (κ1) is 18.2. The van der Waals surface area contributed by atoms with Crippen LogP contribution >= 0.6 is 23.4 Å². The molecule has 0 aromatic heterocycles. The van der Waals surface area contributed by atoms with Gasteiger partial charge in [0.05, 0.1) is 15.6 Å². The van der Waals surface area contributed by atoms with Gasteiger partial charge in [-0.1, -0.05) is 36.4 Å². The Bertz CT molecular complexity index is 912. The lowest BCUT2D eigenvalue weighted by atomic mass is 10.2. The summed E-state index contributed by atoms with van der Waals surface area (Å²) < 4.78 is 18.7. The third kappa shape index (κ3) is 3.81. The van der Waals surface area contributed by atoms with Crippen LogP contribution in [0.3, 0.4) is 0 Å². The van der Waals surface area contributed by atoms with Gasteiger partial charge in [-0.25, -0.2) is 9.29 Å². The number of carbonyl (C=O) groups is 2. The van der Waals surface area contributed by atoms with E-state index in [1.807, 2.05) is 0 Å². The van der Waals surface area contributed by atoms with Crippen molar-refractivity contribution in [2.45, 2.75) is 0 Å². The SMILES string of the molecule is C=CCOc1ccc(/C=C2\SC(=O)N(c3ccc(F)c(Cl)c3)C2=O)cc1. The first-order chi connectivity index (χ1) is 12.5. The molecule has 0 atom stereocenters. The van der Waals surface area contributed by atoms with Gasteiger partial charge in [-0.05, 0) is 53.7 Å². The maximum Gasteiger partial charge on any atom is 0.298 e. The second-order valence-corrected chi connectivity index (χ2v) is 6.68. The summed E-state index contributed by atoms with van der Waals surface area (Å²) in [5, 5.41) is -0.615. The van der Waals surface area contributed by atoms with Gasteiger partial charge in [0.25, 0.3) is 11.1 Å². The Morgan fingerprint density at radius 3 is 2.58 bits per heavy atom. The Morgan fingerprint density at radius 2 is 1.92 bits per heavy atom. The molecule has 0 bridgehead atoms. The lowest BCUT2D eigenvalue weighted by Crippen LogP contribution is -2.27. The molecule has 0 radical (unpaired) electrons. The number of hydrogen-bond acceptors (Lipinski definition) is 4. The summed E-state index contributed by atoms with van der Waals surface area (Å²) in [7, 11) is 0. The largest absolute Gasteiger partial charge is 0.490 e. The van der Waals surface area contributed by atoms with Crippen molar-refractivity contribution in [1.82, 2.24) is 0 Å². The Balaban J connectivity index is 1.82. The van der Waals surface area contributed by atoms with Gasteiger partial charge < -0.3 is 4.74 Å². The van der Waals surface area contributed by atoms with Crippen molar-refractivity contribution in [2.24, 2.45) is 0 Å². The van der Waals surface area contributed by atoms with Crippen LogP contribution in [0.5, 0.6) is 5.75 Å². The lowest BCUT2D eigenvalue weighted by Gasteiger charge is -2.12. The second kappa shape index (κ2) is 7.76. The molecule has 7 heteroatoms. The van der Waals surface area contributed by atoms with E-state index in [1.165, 1.54) is 12.1 Å². The summed E-state index contributed by atoms with van der Waals surface area (Å²) in [6.07, 6.45) is 3.26. The monoisotopic (exact) mass is 389 g/mol. The molecule has 1 aliphatic rings. The highest BCUT2D eigenvalue weighted by Crippen LogP contribution is 2.36. The number of amides is 2. The predicted molar refractivity (Wildman–Crippen MR) is 102 cm³/mol. The van der Waals surface area contributed by atoms with Crippen LogP contribution in [-0.2, 0) is 4.79 Å². The summed E-state index contributed by atoms with van der Waals surface area (Å²) >= 11 is 6.56. The number of thioether (sulfide) groups is 1. The third-order valence-corrected chi connectivity index (χ3v) is 4.66. The molecule has 2 aromatic rings. The van der Waals surface area contributed by atoms with E-state index in [9.17, 15) is 14.0 Å². The first-order valence-electron chi connectivity index (χ1n) is 7.56. The average molecular weight is 390 g/mol. The smallest absolute Gasteiger partial charge is 0.298 e. The molecule has 26 heavy (non-hydrogen) atoms. The van der Waals surface area contributed by atoms with Crippen molar-refractivity contribution in [1.29, 1.82) is 0 Å². The van der Waals surface area contributed by atoms with Crippen LogP contribution in [0, 0.1) is 5.82 Å². The Hall–Kier alpha value is -2.57. The minimum atomic E-state index is -0.614. The molecule has 3 rings (SSSR count). The molecule has 2 amide bonds. The molecule has 1 saturated heterocycles. The highest BCUT2D eigenvalue weighted by molar-refractivity contribution is 8.19. The van der Waals surface area contributed by atoms with E-state index in [4.69, 9.17) is 16.3 Å². The Kier molecular flexibility index (Phi) is 5.44. The number of rotatable bonds is 5. The van der Waals surface area contributed by atoms with Crippen molar-refractivity contribution in [3.8, 4) is 5.75 Å². The summed E-state index contributed by atoms with van der Waals surface area (Å²) in [6, 6.07) is 10.8. The number of anilines is 1. The summed E-state index contributed by atoms with van der Waals surface area (Å²) in [4.78, 5) is 26.0. The predicted octanol–water partition coefficient (Wildman–Crippen LogP) is 5.28. The number of halogens is 2. The van der Waals surface area contributed by atoms with Crippen molar-refractivity contribution >= 4 is 46.3 Å². The maximum atomic E-state index is 13.3. The van der Waals surface area contributed by atoms with E-state index < -0.39 is 17.0 Å². The van der Waals surface area contributed by atoms with Gasteiger partial charge in [0.1, 0.15) is 18.2 Å². The molecule has 1 fully saturated rings. The average Bonchev–Trinajstić information content (AvgIpc) is 2.90. The van der Waals surface area contributed by atoms with Crippen LogP contribution in [0.15, 0.2) is 60.0 Å². The fraction of sp³-hybridized carbons (Fsp3) is 0.0526. The van der Waals surface area contributed by atoms with Gasteiger partial charge in [-0.3, -0.25) is 9.59 Å². The second-order valence-electron chi connectivity index (χ2n) is 5.28. The van der Waals surface area contributed by atoms with Gasteiger partial charge in [0, 0.05) is 0 Å². The fourth-order valence-electron chi connectivity index (χ4n) is 2.28. The maximum absolute atomic E-state index is 13.3. The van der Waals surface area contributed by atoms with Crippen molar-refractivity contribution < 1.29 is 18.7 Å². The minimum absolute atomic E-state index is 0.152. The molecule has 0 aliphatic carbocycles. The van der Waals surface area contributed by atoms with E-state index in [0.717, 1.165) is 28.3 Å². The summed E-state index contributed by atoms with van der Waals surface area (Å²) in [5.41, 5.74) is 0.981. The van der Waals surface area contributed by atoms with E-state index >= 15 is 0 Å². The standard InChI is InChI=1S/C19H13ClFNO3S/c1-2-9-25-14-6-3-12(4-7-14)10-17-18(23)22(19(24)26-17)13-5-8-16(21)15(20)11-13/h2-8,10-11H,1,9H2/b17-10-. The van der Waals surface area contributed by atoms with Gasteiger partial charge >= 0.3 is 0 Å². The molecule has 1 heterocycles. The van der Waals surface area contributed by atoms with Crippen LogP contribution in [0.1, 0.15) is 5.56 Å². The molecular weight excluding hydrogens is 377 g/mol. The van der Waals surface area contributed by atoms with Crippen LogP contribution in [-0.4, -0.2) is 17.8 Å². The molecule has 0 N–H and O–H groups in total. The molecule has 0 unspecified atom stereocenters. The van der Waals surface area contributed by atoms with Gasteiger partial charge in [0.2, 0.25) is 0 Å². The number of carbonyl (C=O) groups excluding carboxylic acids is 2. The zero-order valence-electron chi connectivity index (χ0n) is 13.4. The zero-order valence-corrected chi connectivity index (χ0v) is 15.0. The van der Waals surface area contributed by atoms with E-state index in [2.05, 4.69) is 6.58 Å². The van der Waals surface area contributed by atoms with E-state index in [1.54, 1.807) is 36.4 Å². The number of hydrogen-bond donors (Lipinski definition) is 0. The van der Waals surface area contributed by atoms with Crippen molar-refractivity contribution in [3.05, 3.63) is 76.4 Å². The number of nitrogens with zero attached hydrogens (tertiary/aromatic N) is 1. The molecular formula is C19H13ClFNO3S. The van der Waals surface area contributed by atoms with Crippen LogP contribution in [0.2, 0.25) is 5.02 Å². The van der Waals surface area contributed by atoms with Crippen LogP contribution in [0.25, 0.3) is 6.08 Å². The van der Waals surface area contributed by atoms with Gasteiger partial charge in [0.15, 0.2) is 0 Å². The molecule has 2 aromatic carbocycles. The van der Waals surface area contributed by atoms with E-state index in [-0.39, 0.29) is 15.6 Å². The fourth-order valence-corrected chi connectivity index (χ4v) is 3.30. The minimum Gasteiger partial charge on any atom is -0.490 e. The molecule has 1 aliphatic heterocycles. The number of ether oxygens (including phenoxy) is 1. The first-order valence-corrected chi connectivity index (χ1v) is 8.76. The normalized spacial score (nSPS) is 15.6. The van der Waals surface area contributed by atoms with E-state index in [0.29, 0.717) is 12.4 Å². The van der Waals surface area contributed by atoms with Crippen LogP contribution < -0.4 is 9.64 Å². The highest BCUT2D eigenvalue weighted by atomic mass is 35.5. The highest BCUT2D eigenvalue weighted by Gasteiger charge is 2.36. The lowest BCUT2D eigenvalue weighted by molar-refractivity contribution is -0.113. The number of benzene rings is 2. The zero-order chi connectivity index (χ0) is 18.7. The Morgan fingerprint density at radius 1 is 1.19 bits per heavy atom. The van der Waals surface area contributed by atoms with Crippen molar-refractivity contribution in [2.75, 3.05) is 11.5 Å². The quantitative estimate of drug-likeness (QED) is 0.515. The topological polar surface area (TPSA) is 46.6 Å². The van der Waals surface area contributed by atoms with Gasteiger partial charge in [-0.15, -0.1) is 0 Å². The van der Waals surface area contributed by atoms with Crippen molar-refractivity contribution in [3.63, 3.8) is 0 Å².